The second-order valence-electron chi connectivity index (χ2n) is 10.0. The number of nitrogens with zero attached hydrogens (tertiary/aromatic N) is 2. The molecule has 3 atom stereocenters. The number of likely N-dealkylation sites (N-methyl/N-ethyl adjacent to an activating group) is 1. The Labute approximate surface area is 244 Å². The predicted molar refractivity (Wildman–Crippen MR) is 153 cm³/mol. The molecule has 0 saturated heterocycles. The first-order chi connectivity index (χ1) is 19.9. The fraction of sp³-hybridized carbons (Fsp3) is 0.519. The standard InChI is InChI=1S/C27H39N7O6.H2N2/c1-16(2)23-27(40)34(4)21(9-6-10-29-15-28)26(39)31-14-22(36)32-20(11-17(3)35)25(38)30-13-18-7-5-8-19(12-18)24(37)33-23;1-2/h5,7-8,12,15-16,20-21,23H,6,9-11,13-14H2,1-4H3,(H2,28,29)(H,30,38)(H,31,39)(H,32,36)(H,33,37);1-2H/t20-,21-,23?;/m0./s1. The first-order valence-corrected chi connectivity index (χ1v) is 13.4. The van der Waals surface area contributed by atoms with Crippen molar-refractivity contribution in [1.82, 2.24) is 26.2 Å². The third-order valence-corrected chi connectivity index (χ3v) is 6.43. The van der Waals surface area contributed by atoms with Crippen LogP contribution in [-0.2, 0) is 30.5 Å². The van der Waals surface area contributed by atoms with E-state index in [2.05, 4.69) is 26.3 Å². The number of Topliss-reactive ketones (excluding diaryl/α,β-unsaturated/α-hetero) is 1. The Morgan fingerprint density at radius 2 is 1.76 bits per heavy atom. The van der Waals surface area contributed by atoms with Crippen molar-refractivity contribution in [3.63, 3.8) is 0 Å². The number of hydrogen-bond donors (Lipinski definition) is 7. The molecule has 1 unspecified atom stereocenters. The summed E-state index contributed by atoms with van der Waals surface area (Å²) in [7, 11) is 1.46. The number of ketones is 1. The zero-order valence-electron chi connectivity index (χ0n) is 24.4. The van der Waals surface area contributed by atoms with Crippen LogP contribution >= 0.6 is 0 Å². The van der Waals surface area contributed by atoms with Gasteiger partial charge in [0.25, 0.3) is 5.91 Å². The number of carbonyl (C=O) groups is 6. The van der Waals surface area contributed by atoms with Crippen LogP contribution < -0.4 is 27.0 Å². The van der Waals surface area contributed by atoms with Crippen molar-refractivity contribution < 1.29 is 28.8 Å². The number of carbonyl (C=O) groups excluding carboxylic acids is 6. The van der Waals surface area contributed by atoms with Gasteiger partial charge in [0.05, 0.1) is 12.9 Å². The van der Waals surface area contributed by atoms with Crippen LogP contribution in [0.4, 0.5) is 0 Å². The lowest BCUT2D eigenvalue weighted by Gasteiger charge is -2.32. The fourth-order valence-corrected chi connectivity index (χ4v) is 4.22. The summed E-state index contributed by atoms with van der Waals surface area (Å²) in [5.41, 5.74) is 16.2. The van der Waals surface area contributed by atoms with E-state index in [0.29, 0.717) is 18.5 Å². The Kier molecular flexibility index (Phi) is 15.0. The molecule has 2 bridgehead atoms. The highest BCUT2D eigenvalue weighted by Gasteiger charge is 2.34. The van der Waals surface area contributed by atoms with Crippen LogP contribution in [0.5, 0.6) is 0 Å². The van der Waals surface area contributed by atoms with Gasteiger partial charge in [-0.15, -0.1) is 0 Å². The Hall–Kier alpha value is -4.69. The van der Waals surface area contributed by atoms with E-state index in [-0.39, 0.29) is 36.7 Å². The maximum atomic E-state index is 13.6. The largest absolute Gasteiger partial charge is 0.390 e. The van der Waals surface area contributed by atoms with Gasteiger partial charge in [0.15, 0.2) is 0 Å². The topological polar surface area (TPSA) is 240 Å². The number of benzene rings is 1. The molecule has 1 aromatic rings. The van der Waals surface area contributed by atoms with Crippen LogP contribution in [0.3, 0.4) is 0 Å². The molecule has 42 heavy (non-hydrogen) atoms. The highest BCUT2D eigenvalue weighted by atomic mass is 16.2. The monoisotopic (exact) mass is 587 g/mol. The third-order valence-electron chi connectivity index (χ3n) is 6.43. The lowest BCUT2D eigenvalue weighted by molar-refractivity contribution is -0.141. The molecule has 0 spiro atoms. The van der Waals surface area contributed by atoms with E-state index in [9.17, 15) is 28.8 Å². The van der Waals surface area contributed by atoms with E-state index in [1.807, 2.05) is 0 Å². The van der Waals surface area contributed by atoms with Gasteiger partial charge in [0, 0.05) is 32.1 Å². The SMILES string of the molecule is CC(=O)C[C@@H]1NC(=O)CNC(=O)[C@H](CCCN=CN)N(C)C(=O)C(C(C)C)NC(=O)c2cccc(c2)CNC1=O.N=N. The molecule has 1 aliphatic rings. The minimum Gasteiger partial charge on any atom is -0.390 e. The number of fused-ring (bicyclic) bond motifs is 2. The Morgan fingerprint density at radius 3 is 2.38 bits per heavy atom. The van der Waals surface area contributed by atoms with Crippen LogP contribution in [0.15, 0.2) is 29.3 Å². The van der Waals surface area contributed by atoms with Crippen molar-refractivity contribution in [3.05, 3.63) is 35.4 Å². The number of nitrogens with two attached hydrogens (primary N) is 1. The molecule has 0 aromatic heterocycles. The minimum absolute atomic E-state index is 0.0339. The van der Waals surface area contributed by atoms with Crippen LogP contribution in [0, 0.1) is 17.0 Å². The summed E-state index contributed by atoms with van der Waals surface area (Å²) >= 11 is 0. The van der Waals surface area contributed by atoms with E-state index in [4.69, 9.17) is 16.8 Å². The van der Waals surface area contributed by atoms with Gasteiger partial charge in [-0.2, -0.15) is 0 Å². The molecule has 1 aliphatic heterocycles. The van der Waals surface area contributed by atoms with Gasteiger partial charge in [-0.25, -0.2) is 11.1 Å². The molecular formula is C27H41N9O6. The average Bonchev–Trinajstić information content (AvgIpc) is 2.96. The van der Waals surface area contributed by atoms with E-state index < -0.39 is 54.2 Å². The normalized spacial score (nSPS) is 20.8. The Morgan fingerprint density at radius 1 is 1.10 bits per heavy atom. The summed E-state index contributed by atoms with van der Waals surface area (Å²) in [6, 6.07) is 3.44. The van der Waals surface area contributed by atoms with Gasteiger partial charge < -0.3 is 31.9 Å². The molecule has 0 aliphatic carbocycles. The molecule has 5 amide bonds. The fourth-order valence-electron chi connectivity index (χ4n) is 4.22. The van der Waals surface area contributed by atoms with Gasteiger partial charge in [-0.05, 0) is 43.4 Å². The van der Waals surface area contributed by atoms with Crippen molar-refractivity contribution >= 4 is 41.7 Å². The van der Waals surface area contributed by atoms with Gasteiger partial charge in [-0.3, -0.25) is 33.8 Å². The van der Waals surface area contributed by atoms with Crippen molar-refractivity contribution in [3.8, 4) is 0 Å². The second kappa shape index (κ2) is 17.9. The molecular weight excluding hydrogens is 546 g/mol. The molecule has 2 rings (SSSR count). The average molecular weight is 588 g/mol. The number of nitrogens with one attached hydrogen (secondary N) is 6. The Balaban J connectivity index is 0.00000431. The van der Waals surface area contributed by atoms with Crippen LogP contribution in [0.2, 0.25) is 0 Å². The molecule has 15 heteroatoms. The summed E-state index contributed by atoms with van der Waals surface area (Å²) in [6.45, 7) is 4.73. The number of hydrogen-bond acceptors (Lipinski definition) is 9. The zero-order chi connectivity index (χ0) is 31.8. The molecule has 0 radical (unpaired) electrons. The van der Waals surface area contributed by atoms with Gasteiger partial charge >= 0.3 is 0 Å². The zero-order valence-corrected chi connectivity index (χ0v) is 24.4. The quantitative estimate of drug-likeness (QED) is 0.0983. The predicted octanol–water partition coefficient (Wildman–Crippen LogP) is -0.159. The lowest BCUT2D eigenvalue weighted by atomic mass is 10.00. The van der Waals surface area contributed by atoms with Crippen molar-refractivity contribution in [2.45, 2.75) is 64.7 Å². The first kappa shape index (κ1) is 35.3. The summed E-state index contributed by atoms with van der Waals surface area (Å²) in [5.74, 6) is -3.44. The molecule has 230 valence electrons. The van der Waals surface area contributed by atoms with Gasteiger partial charge in [0.2, 0.25) is 23.6 Å². The summed E-state index contributed by atoms with van der Waals surface area (Å²) < 4.78 is 0. The molecule has 0 fully saturated rings. The van der Waals surface area contributed by atoms with E-state index >= 15 is 0 Å². The summed E-state index contributed by atoms with van der Waals surface area (Å²) in [4.78, 5) is 82.3. The molecule has 0 saturated carbocycles. The van der Waals surface area contributed by atoms with Gasteiger partial charge in [0.1, 0.15) is 23.9 Å². The summed E-state index contributed by atoms with van der Waals surface area (Å²) in [5, 5.41) is 10.4. The van der Waals surface area contributed by atoms with Crippen molar-refractivity contribution in [2.75, 3.05) is 20.1 Å². The maximum absolute atomic E-state index is 13.6. The van der Waals surface area contributed by atoms with Crippen LogP contribution in [0.1, 0.15) is 56.0 Å². The first-order valence-electron chi connectivity index (χ1n) is 13.4. The number of amides is 5. The third kappa shape index (κ3) is 11.1. The minimum atomic E-state index is -1.16. The Bertz CT molecular complexity index is 1160. The molecule has 1 heterocycles. The van der Waals surface area contributed by atoms with Crippen molar-refractivity contribution in [1.29, 1.82) is 11.1 Å². The second-order valence-corrected chi connectivity index (χ2v) is 10.0. The highest BCUT2D eigenvalue weighted by Crippen LogP contribution is 2.14. The van der Waals surface area contributed by atoms with Gasteiger partial charge in [-0.1, -0.05) is 26.0 Å². The summed E-state index contributed by atoms with van der Waals surface area (Å²) in [6.07, 6.45) is 1.54. The van der Waals surface area contributed by atoms with E-state index in [1.165, 1.54) is 18.9 Å². The van der Waals surface area contributed by atoms with E-state index in [0.717, 1.165) is 6.34 Å². The van der Waals surface area contributed by atoms with Crippen LogP contribution in [-0.4, -0.2) is 84.8 Å². The molecule has 8 N–H and O–H groups in total. The van der Waals surface area contributed by atoms with Crippen LogP contribution in [0.25, 0.3) is 0 Å². The molecule has 15 nitrogen and oxygen atoms in total. The smallest absolute Gasteiger partial charge is 0.251 e. The highest BCUT2D eigenvalue weighted by molar-refractivity contribution is 5.99. The lowest BCUT2D eigenvalue weighted by Crippen LogP contribution is -2.57. The number of aliphatic imine (C=N–C) groups is 1. The maximum Gasteiger partial charge on any atom is 0.251 e. The molecule has 1 aromatic carbocycles. The van der Waals surface area contributed by atoms with Crippen molar-refractivity contribution in [2.24, 2.45) is 16.6 Å². The van der Waals surface area contributed by atoms with E-state index in [1.54, 1.807) is 38.1 Å². The number of rotatable bonds is 7.